The van der Waals surface area contributed by atoms with Crippen molar-refractivity contribution in [3.05, 3.63) is 64.0 Å². The predicted molar refractivity (Wildman–Crippen MR) is 67.5 cm³/mol. The second-order valence-corrected chi connectivity index (χ2v) is 3.75. The van der Waals surface area contributed by atoms with E-state index in [4.69, 9.17) is 10.5 Å². The van der Waals surface area contributed by atoms with Gasteiger partial charge < -0.3 is 10.5 Å². The summed E-state index contributed by atoms with van der Waals surface area (Å²) in [4.78, 5) is 10.3. The molecule has 2 aromatic carbocycles. The molecule has 0 aromatic heterocycles. The Morgan fingerprint density at radius 1 is 1.16 bits per heavy atom. The number of halogens is 1. The third kappa shape index (κ3) is 2.69. The van der Waals surface area contributed by atoms with Crippen LogP contribution in [0, 0.1) is 15.9 Å². The molecule has 98 valence electrons. The van der Waals surface area contributed by atoms with E-state index in [1.165, 1.54) is 36.4 Å². The molecule has 19 heavy (non-hydrogen) atoms. The van der Waals surface area contributed by atoms with Crippen LogP contribution in [0.25, 0.3) is 0 Å². The van der Waals surface area contributed by atoms with Crippen molar-refractivity contribution in [3.63, 3.8) is 0 Å². The van der Waals surface area contributed by atoms with Crippen molar-refractivity contribution in [3.8, 4) is 11.5 Å². The summed E-state index contributed by atoms with van der Waals surface area (Å²) in [5, 5.41) is 10.9. The van der Waals surface area contributed by atoms with Gasteiger partial charge in [-0.2, -0.15) is 0 Å². The van der Waals surface area contributed by atoms with Crippen molar-refractivity contribution in [2.75, 3.05) is 0 Å². The van der Waals surface area contributed by atoms with E-state index in [-0.39, 0.29) is 29.3 Å². The molecule has 6 heteroatoms. The van der Waals surface area contributed by atoms with Gasteiger partial charge in [0.15, 0.2) is 0 Å². The molecule has 0 radical (unpaired) electrons. The zero-order valence-corrected chi connectivity index (χ0v) is 9.88. The molecule has 0 atom stereocenters. The molecule has 0 saturated carbocycles. The zero-order chi connectivity index (χ0) is 13.8. The van der Waals surface area contributed by atoms with Crippen LogP contribution in [-0.4, -0.2) is 4.92 Å². The second kappa shape index (κ2) is 5.45. The highest BCUT2D eigenvalue weighted by Gasteiger charge is 2.16. The third-order valence-corrected chi connectivity index (χ3v) is 2.56. The first-order valence-corrected chi connectivity index (χ1v) is 5.52. The second-order valence-electron chi connectivity index (χ2n) is 3.75. The Hall–Kier alpha value is -2.47. The monoisotopic (exact) mass is 262 g/mol. The number of nitro groups is 1. The topological polar surface area (TPSA) is 78.4 Å². The first-order chi connectivity index (χ1) is 9.13. The van der Waals surface area contributed by atoms with Gasteiger partial charge in [0.1, 0.15) is 11.6 Å². The van der Waals surface area contributed by atoms with Crippen LogP contribution in [0.3, 0.4) is 0 Å². The van der Waals surface area contributed by atoms with E-state index in [1.54, 1.807) is 6.07 Å². The summed E-state index contributed by atoms with van der Waals surface area (Å²) in [6, 6.07) is 10.1. The molecule has 0 unspecified atom stereocenters. The van der Waals surface area contributed by atoms with E-state index in [1.807, 2.05) is 0 Å². The maximum atomic E-state index is 13.5. The van der Waals surface area contributed by atoms with Crippen molar-refractivity contribution in [2.45, 2.75) is 6.54 Å². The fourth-order valence-corrected chi connectivity index (χ4v) is 1.65. The number of hydrogen-bond donors (Lipinski definition) is 1. The molecular weight excluding hydrogens is 251 g/mol. The number of nitrogens with zero attached hydrogens (tertiary/aromatic N) is 1. The molecule has 2 N–H and O–H groups in total. The SMILES string of the molecule is NCc1c(F)cccc1Oc1ccccc1[N+](=O)[O-]. The number of benzene rings is 2. The summed E-state index contributed by atoms with van der Waals surface area (Å²) in [7, 11) is 0. The fraction of sp³-hybridized carbons (Fsp3) is 0.0769. The maximum absolute atomic E-state index is 13.5. The molecule has 0 fully saturated rings. The van der Waals surface area contributed by atoms with Crippen molar-refractivity contribution in [1.82, 2.24) is 0 Å². The van der Waals surface area contributed by atoms with Crippen LogP contribution < -0.4 is 10.5 Å². The minimum absolute atomic E-state index is 0.0489. The number of para-hydroxylation sites is 2. The lowest BCUT2D eigenvalue weighted by Gasteiger charge is -2.10. The summed E-state index contributed by atoms with van der Waals surface area (Å²) in [5.41, 5.74) is 5.44. The van der Waals surface area contributed by atoms with E-state index in [9.17, 15) is 14.5 Å². The van der Waals surface area contributed by atoms with E-state index >= 15 is 0 Å². The van der Waals surface area contributed by atoms with E-state index < -0.39 is 10.7 Å². The van der Waals surface area contributed by atoms with Crippen LogP contribution in [0.1, 0.15) is 5.56 Å². The van der Waals surface area contributed by atoms with Crippen LogP contribution >= 0.6 is 0 Å². The molecule has 0 saturated heterocycles. The highest BCUT2D eigenvalue weighted by atomic mass is 19.1. The molecule has 0 spiro atoms. The summed E-state index contributed by atoms with van der Waals surface area (Å²) in [6.07, 6.45) is 0. The van der Waals surface area contributed by atoms with Gasteiger partial charge in [-0.3, -0.25) is 10.1 Å². The largest absolute Gasteiger partial charge is 0.450 e. The summed E-state index contributed by atoms with van der Waals surface area (Å²) in [6.45, 7) is -0.0529. The lowest BCUT2D eigenvalue weighted by atomic mass is 10.2. The highest BCUT2D eigenvalue weighted by molar-refractivity contribution is 5.49. The number of ether oxygens (including phenoxy) is 1. The molecule has 0 amide bonds. The third-order valence-electron chi connectivity index (χ3n) is 2.56. The Morgan fingerprint density at radius 3 is 2.53 bits per heavy atom. The smallest absolute Gasteiger partial charge is 0.311 e. The Balaban J connectivity index is 2.42. The lowest BCUT2D eigenvalue weighted by Crippen LogP contribution is -2.03. The molecule has 0 bridgehead atoms. The predicted octanol–water partition coefficient (Wildman–Crippen LogP) is 2.98. The Morgan fingerprint density at radius 2 is 1.84 bits per heavy atom. The Bertz CT molecular complexity index is 617. The summed E-state index contributed by atoms with van der Waals surface area (Å²) < 4.78 is 18.9. The molecule has 2 aromatic rings. The average molecular weight is 262 g/mol. The molecule has 0 heterocycles. The van der Waals surface area contributed by atoms with Crippen LogP contribution in [0.15, 0.2) is 42.5 Å². The van der Waals surface area contributed by atoms with Gasteiger partial charge in [0.2, 0.25) is 5.75 Å². The Kier molecular flexibility index (Phi) is 3.72. The fourth-order valence-electron chi connectivity index (χ4n) is 1.65. The van der Waals surface area contributed by atoms with Crippen molar-refractivity contribution in [1.29, 1.82) is 0 Å². The molecule has 0 aliphatic heterocycles. The van der Waals surface area contributed by atoms with Crippen LogP contribution in [0.5, 0.6) is 11.5 Å². The average Bonchev–Trinajstić information content (AvgIpc) is 2.39. The van der Waals surface area contributed by atoms with Gasteiger partial charge >= 0.3 is 5.69 Å². The first-order valence-electron chi connectivity index (χ1n) is 5.52. The number of nitro benzene ring substituents is 1. The van der Waals surface area contributed by atoms with Gasteiger partial charge in [0.05, 0.1) is 4.92 Å². The number of nitrogens with two attached hydrogens (primary N) is 1. The van der Waals surface area contributed by atoms with Gasteiger partial charge in [-0.05, 0) is 18.2 Å². The van der Waals surface area contributed by atoms with Gasteiger partial charge in [-0.25, -0.2) is 4.39 Å². The van der Waals surface area contributed by atoms with Crippen LogP contribution in [0.4, 0.5) is 10.1 Å². The number of rotatable bonds is 4. The standard InChI is InChI=1S/C13H11FN2O3/c14-10-4-3-7-12(9(10)8-15)19-13-6-2-1-5-11(13)16(17)18/h1-7H,8,15H2. The summed E-state index contributed by atoms with van der Waals surface area (Å²) in [5.74, 6) is -0.275. The Labute approximate surface area is 108 Å². The van der Waals surface area contributed by atoms with Crippen molar-refractivity contribution in [2.24, 2.45) is 5.73 Å². The van der Waals surface area contributed by atoms with Crippen LogP contribution in [0.2, 0.25) is 0 Å². The molecule has 2 rings (SSSR count). The minimum Gasteiger partial charge on any atom is -0.450 e. The molecule has 0 aliphatic rings. The summed E-state index contributed by atoms with van der Waals surface area (Å²) >= 11 is 0. The minimum atomic E-state index is -0.559. The zero-order valence-electron chi connectivity index (χ0n) is 9.88. The van der Waals surface area contributed by atoms with Gasteiger partial charge in [0.25, 0.3) is 0 Å². The lowest BCUT2D eigenvalue weighted by molar-refractivity contribution is -0.385. The maximum Gasteiger partial charge on any atom is 0.311 e. The van der Waals surface area contributed by atoms with Gasteiger partial charge in [-0.15, -0.1) is 0 Å². The first kappa shape index (κ1) is 13.0. The van der Waals surface area contributed by atoms with E-state index in [2.05, 4.69) is 0 Å². The normalized spacial score (nSPS) is 10.2. The van der Waals surface area contributed by atoms with Gasteiger partial charge in [0, 0.05) is 18.2 Å². The molecule has 0 aliphatic carbocycles. The van der Waals surface area contributed by atoms with Crippen molar-refractivity contribution < 1.29 is 14.1 Å². The van der Waals surface area contributed by atoms with Crippen LogP contribution in [-0.2, 0) is 6.54 Å². The highest BCUT2D eigenvalue weighted by Crippen LogP contribution is 2.33. The molecular formula is C13H11FN2O3. The van der Waals surface area contributed by atoms with Gasteiger partial charge in [-0.1, -0.05) is 18.2 Å². The van der Waals surface area contributed by atoms with Crippen molar-refractivity contribution >= 4 is 5.69 Å². The van der Waals surface area contributed by atoms with E-state index in [0.29, 0.717) is 0 Å². The quantitative estimate of drug-likeness (QED) is 0.678. The number of hydrogen-bond acceptors (Lipinski definition) is 4. The van der Waals surface area contributed by atoms with E-state index in [0.717, 1.165) is 0 Å². The molecule has 5 nitrogen and oxygen atoms in total.